The van der Waals surface area contributed by atoms with Crippen molar-refractivity contribution in [1.82, 2.24) is 4.90 Å². The monoisotopic (exact) mass is 642 g/mol. The number of methoxy groups -OCH3 is 1. The van der Waals surface area contributed by atoms with Crippen LogP contribution in [0.3, 0.4) is 0 Å². The largest absolute Gasteiger partial charge is 0.544 e. The molecule has 2 atom stereocenters. The van der Waals surface area contributed by atoms with Crippen LogP contribution in [0.1, 0.15) is 65.5 Å². The Morgan fingerprint density at radius 2 is 1.78 bits per heavy atom. The smallest absolute Gasteiger partial charge is 0.410 e. The molecule has 2 aliphatic heterocycles. The van der Waals surface area contributed by atoms with Crippen LogP contribution in [0.4, 0.5) is 10.5 Å². The third-order valence-corrected chi connectivity index (χ3v) is 13.4. The molecule has 1 fully saturated rings. The highest BCUT2D eigenvalue weighted by atomic mass is 28.4. The maximum atomic E-state index is 13.1. The van der Waals surface area contributed by atoms with Crippen molar-refractivity contribution < 1.29 is 33.3 Å². The molecule has 1 N–H and O–H groups in total. The van der Waals surface area contributed by atoms with Crippen LogP contribution < -0.4 is 14.1 Å². The molecule has 2 aromatic rings. The summed E-state index contributed by atoms with van der Waals surface area (Å²) in [5.41, 5.74) is 0.803. The van der Waals surface area contributed by atoms with E-state index in [1.54, 1.807) is 12.0 Å². The van der Waals surface area contributed by atoms with Crippen LogP contribution in [-0.4, -0.2) is 82.6 Å². The van der Waals surface area contributed by atoms with Crippen molar-refractivity contribution in [2.45, 2.75) is 96.4 Å². The first-order valence-corrected chi connectivity index (χ1v) is 19.0. The third-order valence-electron chi connectivity index (χ3n) is 9.08. The summed E-state index contributed by atoms with van der Waals surface area (Å²) in [6.07, 6.45) is 0.140. The van der Waals surface area contributed by atoms with Crippen LogP contribution >= 0.6 is 0 Å². The molecule has 0 bridgehead atoms. The van der Waals surface area contributed by atoms with Crippen molar-refractivity contribution >= 4 is 20.1 Å². The second kappa shape index (κ2) is 13.9. The normalized spacial score (nSPS) is 20.8. The maximum Gasteiger partial charge on any atom is 0.410 e. The average Bonchev–Trinajstić information content (AvgIpc) is 2.95. The van der Waals surface area contributed by atoms with E-state index >= 15 is 0 Å². The molecule has 10 heteroatoms. The second-order valence-corrected chi connectivity index (χ2v) is 19.5. The number of carbonyl (C=O) groups is 1. The number of hydrogen-bond donors (Lipinski definition) is 1. The van der Waals surface area contributed by atoms with Crippen molar-refractivity contribution in [2.75, 3.05) is 51.4 Å². The molecule has 0 aromatic heterocycles. The van der Waals surface area contributed by atoms with Crippen LogP contribution in [0.2, 0.25) is 18.1 Å². The van der Waals surface area contributed by atoms with Gasteiger partial charge >= 0.3 is 6.09 Å². The highest BCUT2D eigenvalue weighted by Crippen LogP contribution is 2.40. The van der Waals surface area contributed by atoms with Crippen molar-refractivity contribution in [2.24, 2.45) is 0 Å². The summed E-state index contributed by atoms with van der Waals surface area (Å²) in [6.45, 7) is 20.5. The molecular weight excluding hydrogens is 588 g/mol. The molecular formula is C35H54N2O7Si. The van der Waals surface area contributed by atoms with E-state index in [1.807, 2.05) is 57.2 Å². The lowest BCUT2D eigenvalue weighted by atomic mass is 9.82. The SMILES string of the molecule is COCCCN1CCOc2ccc(CO[C@H]3CN(C(=O)OC(C)(C)C)CC[C@]3(O)c3ccc(O[Si](C)(C)C(C)(C)C)cc3)cc21. The fraction of sp³-hybridized carbons (Fsp3) is 0.629. The number of likely N-dealkylation sites (tertiary alicyclic amines) is 1. The Hall–Kier alpha value is -2.79. The lowest BCUT2D eigenvalue weighted by Gasteiger charge is -2.44. The first-order chi connectivity index (χ1) is 21.0. The van der Waals surface area contributed by atoms with Gasteiger partial charge in [0.2, 0.25) is 8.32 Å². The molecule has 0 saturated carbocycles. The molecule has 0 aliphatic carbocycles. The number of benzene rings is 2. The summed E-state index contributed by atoms with van der Waals surface area (Å²) in [6, 6.07) is 13.8. The van der Waals surface area contributed by atoms with Crippen LogP contribution in [0.5, 0.6) is 11.5 Å². The molecule has 1 amide bonds. The van der Waals surface area contributed by atoms with Crippen molar-refractivity contribution in [3.63, 3.8) is 0 Å². The minimum atomic E-state index is -2.02. The molecule has 2 aromatic carbocycles. The number of hydrogen-bond acceptors (Lipinski definition) is 8. The lowest BCUT2D eigenvalue weighted by Crippen LogP contribution is -2.56. The highest BCUT2D eigenvalue weighted by Gasteiger charge is 2.46. The van der Waals surface area contributed by atoms with E-state index in [2.05, 4.69) is 44.8 Å². The zero-order chi connectivity index (χ0) is 33.0. The van der Waals surface area contributed by atoms with Crippen LogP contribution in [0.25, 0.3) is 0 Å². The van der Waals surface area contributed by atoms with E-state index in [1.165, 1.54) is 0 Å². The minimum absolute atomic E-state index is 0.0705. The van der Waals surface area contributed by atoms with Gasteiger partial charge in [-0.2, -0.15) is 0 Å². The topological polar surface area (TPSA) is 89.9 Å². The maximum absolute atomic E-state index is 13.1. The van der Waals surface area contributed by atoms with Gasteiger partial charge in [0.1, 0.15) is 35.4 Å². The zero-order valence-electron chi connectivity index (χ0n) is 28.8. The van der Waals surface area contributed by atoms with Gasteiger partial charge in [0, 0.05) is 33.2 Å². The van der Waals surface area contributed by atoms with Gasteiger partial charge in [0.15, 0.2) is 0 Å². The fourth-order valence-electron chi connectivity index (χ4n) is 5.42. The number of aliphatic hydroxyl groups is 1. The Kier molecular flexibility index (Phi) is 10.8. The number of fused-ring (bicyclic) bond motifs is 1. The number of rotatable bonds is 10. The lowest BCUT2D eigenvalue weighted by molar-refractivity contribution is -0.154. The predicted molar refractivity (Wildman–Crippen MR) is 180 cm³/mol. The van der Waals surface area contributed by atoms with Crippen molar-refractivity contribution in [3.05, 3.63) is 53.6 Å². The molecule has 0 unspecified atom stereocenters. The number of nitrogens with zero attached hydrogens (tertiary/aromatic N) is 2. The third kappa shape index (κ3) is 8.72. The van der Waals surface area contributed by atoms with Gasteiger partial charge in [-0.05, 0) is 80.7 Å². The fourth-order valence-corrected chi connectivity index (χ4v) is 6.45. The standard InChI is InChI=1S/C35H54N2O7Si/c1-33(2,3)43-32(38)37-19-17-35(39,27-12-14-28(15-13-27)44-45(8,9)34(4,5)6)31(24-37)42-25-26-11-16-30-29(23-26)36(20-22-41-30)18-10-21-40-7/h11-16,23,31,39H,10,17-22,24-25H2,1-9H3/t31-,35-/m0/s1. The average molecular weight is 643 g/mol. The van der Waals surface area contributed by atoms with Crippen LogP contribution in [0, 0.1) is 0 Å². The number of amides is 1. The van der Waals surface area contributed by atoms with Crippen molar-refractivity contribution in [3.8, 4) is 11.5 Å². The molecule has 0 spiro atoms. The van der Waals surface area contributed by atoms with E-state index in [-0.39, 0.29) is 18.2 Å². The van der Waals surface area contributed by atoms with Gasteiger partial charge in [0.25, 0.3) is 0 Å². The van der Waals surface area contributed by atoms with Gasteiger partial charge in [-0.3, -0.25) is 0 Å². The van der Waals surface area contributed by atoms with E-state index in [9.17, 15) is 9.90 Å². The second-order valence-electron chi connectivity index (χ2n) is 14.8. The quantitative estimate of drug-likeness (QED) is 0.226. The van der Waals surface area contributed by atoms with Gasteiger partial charge < -0.3 is 38.3 Å². The molecule has 250 valence electrons. The Labute approximate surface area is 270 Å². The number of ether oxygens (including phenoxy) is 4. The summed E-state index contributed by atoms with van der Waals surface area (Å²) in [7, 11) is -0.297. The minimum Gasteiger partial charge on any atom is -0.544 e. The summed E-state index contributed by atoms with van der Waals surface area (Å²) in [5.74, 6) is 1.65. The molecule has 9 nitrogen and oxygen atoms in total. The van der Waals surface area contributed by atoms with E-state index < -0.39 is 31.7 Å². The van der Waals surface area contributed by atoms with Crippen molar-refractivity contribution in [1.29, 1.82) is 0 Å². The zero-order valence-corrected chi connectivity index (χ0v) is 29.8. The Morgan fingerprint density at radius 3 is 2.42 bits per heavy atom. The van der Waals surface area contributed by atoms with Crippen LogP contribution in [-0.2, 0) is 26.4 Å². The predicted octanol–water partition coefficient (Wildman–Crippen LogP) is 6.72. The summed E-state index contributed by atoms with van der Waals surface area (Å²) >= 11 is 0. The molecule has 2 heterocycles. The summed E-state index contributed by atoms with van der Waals surface area (Å²) < 4.78 is 29.9. The van der Waals surface area contributed by atoms with Crippen LogP contribution in [0.15, 0.2) is 42.5 Å². The Morgan fingerprint density at radius 1 is 1.07 bits per heavy atom. The molecule has 1 saturated heterocycles. The highest BCUT2D eigenvalue weighted by molar-refractivity contribution is 6.74. The number of piperidine rings is 1. The Balaban J connectivity index is 1.56. The van der Waals surface area contributed by atoms with E-state index in [4.69, 9.17) is 23.4 Å². The van der Waals surface area contributed by atoms with Gasteiger partial charge in [0.05, 0.1) is 25.4 Å². The first kappa shape index (κ1) is 35.1. The van der Waals surface area contributed by atoms with Gasteiger partial charge in [-0.1, -0.05) is 39.0 Å². The molecule has 2 aliphatic rings. The Bertz CT molecular complexity index is 1290. The number of carbonyl (C=O) groups excluding carboxylic acids is 1. The van der Waals surface area contributed by atoms with Gasteiger partial charge in [-0.25, -0.2) is 4.79 Å². The van der Waals surface area contributed by atoms with Gasteiger partial charge in [-0.15, -0.1) is 0 Å². The number of anilines is 1. The van der Waals surface area contributed by atoms with E-state index in [0.29, 0.717) is 26.2 Å². The molecule has 45 heavy (non-hydrogen) atoms. The molecule has 4 rings (SSSR count). The summed E-state index contributed by atoms with van der Waals surface area (Å²) in [5, 5.41) is 12.3. The molecule has 0 radical (unpaired) electrons. The summed E-state index contributed by atoms with van der Waals surface area (Å²) in [4.78, 5) is 17.0. The first-order valence-electron chi connectivity index (χ1n) is 16.1. The van der Waals surface area contributed by atoms with E-state index in [0.717, 1.165) is 47.8 Å².